The number of benzene rings is 2. The number of piperidine rings is 1. The van der Waals surface area contributed by atoms with Gasteiger partial charge in [0.1, 0.15) is 5.84 Å². The van der Waals surface area contributed by atoms with Crippen LogP contribution in [-0.4, -0.2) is 30.4 Å². The molecule has 28 heavy (non-hydrogen) atoms. The zero-order valence-electron chi connectivity index (χ0n) is 15.8. The van der Waals surface area contributed by atoms with E-state index in [0.717, 1.165) is 54.4 Å². The van der Waals surface area contributed by atoms with Crippen molar-refractivity contribution in [2.24, 2.45) is 4.99 Å². The van der Waals surface area contributed by atoms with Crippen LogP contribution in [0.3, 0.4) is 0 Å². The van der Waals surface area contributed by atoms with Crippen molar-refractivity contribution < 1.29 is 4.79 Å². The zero-order valence-corrected chi connectivity index (χ0v) is 16.6. The maximum absolute atomic E-state index is 11.4. The lowest BCUT2D eigenvalue weighted by atomic mass is 9.84. The Morgan fingerprint density at radius 2 is 2.00 bits per heavy atom. The summed E-state index contributed by atoms with van der Waals surface area (Å²) in [5.41, 5.74) is 3.56. The van der Waals surface area contributed by atoms with Crippen LogP contribution in [0.25, 0.3) is 0 Å². The highest BCUT2D eigenvalue weighted by atomic mass is 35.5. The highest BCUT2D eigenvalue weighted by Crippen LogP contribution is 2.37. The highest BCUT2D eigenvalue weighted by Gasteiger charge is 2.40. The van der Waals surface area contributed by atoms with Gasteiger partial charge in [-0.25, -0.2) is 0 Å². The Hall–Kier alpha value is -2.57. The minimum Gasteiger partial charge on any atom is -0.371 e. The van der Waals surface area contributed by atoms with E-state index in [1.54, 1.807) is 0 Å². The number of carbonyl (C=O) groups excluding carboxylic acids is 1. The second kappa shape index (κ2) is 7.81. The van der Waals surface area contributed by atoms with Gasteiger partial charge in [0.25, 0.3) is 0 Å². The standard InChI is InChI=1S/C21H24ClN5O/c1-14(28)25-17-5-6-18-19(12-17)26-20(21(27-18)7-9-23-10-8-21)24-13-15-3-2-4-16(22)11-15/h2-6,11-12,23,27H,7-10,13H2,1H3,(H,24,26)(H,25,28). The van der Waals surface area contributed by atoms with E-state index in [1.807, 2.05) is 42.5 Å². The Morgan fingerprint density at radius 3 is 2.75 bits per heavy atom. The number of halogens is 1. The average Bonchev–Trinajstić information content (AvgIpc) is 2.67. The molecule has 2 aliphatic rings. The Bertz CT molecular complexity index is 921. The molecule has 6 nitrogen and oxygen atoms in total. The predicted octanol–water partition coefficient (Wildman–Crippen LogP) is 3.86. The summed E-state index contributed by atoms with van der Waals surface area (Å²) in [4.78, 5) is 16.3. The molecule has 2 aromatic carbocycles. The van der Waals surface area contributed by atoms with Crippen LogP contribution in [0, 0.1) is 0 Å². The van der Waals surface area contributed by atoms with Crippen molar-refractivity contribution >= 4 is 40.4 Å². The van der Waals surface area contributed by atoms with Crippen LogP contribution in [0.4, 0.5) is 17.1 Å². The first-order chi connectivity index (χ1) is 13.5. The molecule has 0 atom stereocenters. The normalized spacial score (nSPS) is 18.9. The molecule has 0 radical (unpaired) electrons. The molecule has 146 valence electrons. The van der Waals surface area contributed by atoms with Crippen molar-refractivity contribution in [3.05, 3.63) is 53.1 Å². The Labute approximate surface area is 169 Å². The van der Waals surface area contributed by atoms with Gasteiger partial charge in [-0.2, -0.15) is 0 Å². The maximum Gasteiger partial charge on any atom is 0.221 e. The molecule has 0 saturated carbocycles. The Balaban J connectivity index is 1.66. The fraction of sp³-hybridized carbons (Fsp3) is 0.333. The van der Waals surface area contributed by atoms with Crippen LogP contribution in [0.1, 0.15) is 25.3 Å². The Kier molecular flexibility index (Phi) is 5.24. The van der Waals surface area contributed by atoms with Crippen LogP contribution in [0.15, 0.2) is 47.5 Å². The summed E-state index contributed by atoms with van der Waals surface area (Å²) in [6.07, 6.45) is 1.89. The van der Waals surface area contributed by atoms with Gasteiger partial charge in [-0.05, 0) is 61.8 Å². The van der Waals surface area contributed by atoms with Crippen LogP contribution < -0.4 is 21.3 Å². The molecule has 0 unspecified atom stereocenters. The maximum atomic E-state index is 11.4. The monoisotopic (exact) mass is 397 g/mol. The summed E-state index contributed by atoms with van der Waals surface area (Å²) in [7, 11) is 0. The lowest BCUT2D eigenvalue weighted by Gasteiger charge is -2.44. The number of rotatable bonds is 3. The summed E-state index contributed by atoms with van der Waals surface area (Å²) in [5, 5.41) is 14.2. The van der Waals surface area contributed by atoms with Crippen LogP contribution in [0.2, 0.25) is 5.02 Å². The van der Waals surface area contributed by atoms with Gasteiger partial charge in [0.05, 0.1) is 23.5 Å². The number of aliphatic imine (C=N–C) groups is 1. The van der Waals surface area contributed by atoms with E-state index < -0.39 is 0 Å². The summed E-state index contributed by atoms with van der Waals surface area (Å²) in [6.45, 7) is 3.93. The molecule has 1 saturated heterocycles. The van der Waals surface area contributed by atoms with E-state index in [-0.39, 0.29) is 11.4 Å². The lowest BCUT2D eigenvalue weighted by molar-refractivity contribution is -0.114. The number of anilines is 3. The summed E-state index contributed by atoms with van der Waals surface area (Å²) in [6, 6.07) is 13.6. The van der Waals surface area contributed by atoms with Crippen LogP contribution in [0.5, 0.6) is 0 Å². The molecular formula is C21H24ClN5O. The molecule has 0 bridgehead atoms. The van der Waals surface area contributed by atoms with Gasteiger partial charge < -0.3 is 21.3 Å². The largest absolute Gasteiger partial charge is 0.371 e. The van der Waals surface area contributed by atoms with Gasteiger partial charge in [0, 0.05) is 17.6 Å². The number of carbonyl (C=O) groups is 1. The molecular weight excluding hydrogens is 374 g/mol. The molecule has 7 heteroatoms. The molecule has 2 aromatic rings. The molecule has 4 N–H and O–H groups in total. The first-order valence-corrected chi connectivity index (χ1v) is 9.89. The van der Waals surface area contributed by atoms with E-state index >= 15 is 0 Å². The third kappa shape index (κ3) is 3.98. The first-order valence-electron chi connectivity index (χ1n) is 9.51. The van der Waals surface area contributed by atoms with E-state index in [4.69, 9.17) is 16.6 Å². The first kappa shape index (κ1) is 18.8. The molecule has 0 aromatic heterocycles. The van der Waals surface area contributed by atoms with Gasteiger partial charge in [0.15, 0.2) is 0 Å². The zero-order chi connectivity index (χ0) is 19.6. The summed E-state index contributed by atoms with van der Waals surface area (Å²) >= 11 is 6.12. The number of hydrogen-bond acceptors (Lipinski definition) is 4. The van der Waals surface area contributed by atoms with Crippen molar-refractivity contribution in [3.8, 4) is 0 Å². The van der Waals surface area contributed by atoms with E-state index in [0.29, 0.717) is 11.6 Å². The van der Waals surface area contributed by atoms with E-state index in [1.165, 1.54) is 6.92 Å². The average molecular weight is 398 g/mol. The fourth-order valence-corrected chi connectivity index (χ4v) is 4.03. The van der Waals surface area contributed by atoms with Gasteiger partial charge in [-0.3, -0.25) is 9.79 Å². The number of fused-ring (bicyclic) bond motifs is 1. The molecule has 2 aliphatic heterocycles. The second-order valence-corrected chi connectivity index (χ2v) is 7.75. The van der Waals surface area contributed by atoms with Crippen LogP contribution >= 0.6 is 11.6 Å². The molecule has 1 fully saturated rings. The minimum atomic E-state index is -0.216. The lowest BCUT2D eigenvalue weighted by Crippen LogP contribution is -2.57. The van der Waals surface area contributed by atoms with Gasteiger partial charge in [0.2, 0.25) is 5.91 Å². The van der Waals surface area contributed by atoms with Crippen molar-refractivity contribution in [2.45, 2.75) is 31.8 Å². The summed E-state index contributed by atoms with van der Waals surface area (Å²) < 4.78 is 0. The molecule has 4 rings (SSSR count). The SMILES string of the molecule is CC(=O)Nc1ccc2c(c1)NC(=NCc1cccc(Cl)c1)C1(CCNCC1)N2. The molecule has 1 spiro atoms. The van der Waals surface area contributed by atoms with Gasteiger partial charge in [-0.15, -0.1) is 0 Å². The summed E-state index contributed by atoms with van der Waals surface area (Å²) in [5.74, 6) is 0.842. The number of hydrogen-bond donors (Lipinski definition) is 4. The molecule has 0 aliphatic carbocycles. The predicted molar refractivity (Wildman–Crippen MR) is 115 cm³/mol. The van der Waals surface area contributed by atoms with Crippen LogP contribution in [-0.2, 0) is 11.3 Å². The van der Waals surface area contributed by atoms with Gasteiger partial charge in [-0.1, -0.05) is 23.7 Å². The van der Waals surface area contributed by atoms with Crippen molar-refractivity contribution in [1.29, 1.82) is 0 Å². The third-order valence-electron chi connectivity index (χ3n) is 5.19. The second-order valence-electron chi connectivity index (χ2n) is 7.32. The highest BCUT2D eigenvalue weighted by molar-refractivity contribution is 6.30. The topological polar surface area (TPSA) is 77.5 Å². The van der Waals surface area contributed by atoms with Crippen molar-refractivity contribution in [1.82, 2.24) is 5.32 Å². The number of nitrogens with one attached hydrogen (secondary N) is 4. The van der Waals surface area contributed by atoms with Crippen molar-refractivity contribution in [2.75, 3.05) is 29.0 Å². The van der Waals surface area contributed by atoms with Crippen molar-refractivity contribution in [3.63, 3.8) is 0 Å². The fourth-order valence-electron chi connectivity index (χ4n) is 3.81. The quantitative estimate of drug-likeness (QED) is 0.634. The van der Waals surface area contributed by atoms with E-state index in [9.17, 15) is 4.79 Å². The number of amides is 1. The van der Waals surface area contributed by atoms with E-state index in [2.05, 4.69) is 21.3 Å². The minimum absolute atomic E-state index is 0.0895. The number of nitrogens with zero attached hydrogens (tertiary/aromatic N) is 1. The van der Waals surface area contributed by atoms with Gasteiger partial charge >= 0.3 is 0 Å². The number of amidine groups is 1. The molecule has 1 amide bonds. The third-order valence-corrected chi connectivity index (χ3v) is 5.42. The molecule has 2 heterocycles. The smallest absolute Gasteiger partial charge is 0.221 e. The Morgan fingerprint density at radius 1 is 1.18 bits per heavy atom.